The highest BCUT2D eigenvalue weighted by atomic mass is 16.5. The quantitative estimate of drug-likeness (QED) is 0.735. The molecule has 1 aliphatic rings. The van der Waals surface area contributed by atoms with Gasteiger partial charge in [0.1, 0.15) is 6.10 Å². The summed E-state index contributed by atoms with van der Waals surface area (Å²) in [6.07, 6.45) is 1.13. The molecule has 1 aromatic heterocycles. The second kappa shape index (κ2) is 5.24. The fraction of sp³-hybridized carbons (Fsp3) is 0.700. The van der Waals surface area contributed by atoms with Gasteiger partial charge in [-0.3, -0.25) is 4.79 Å². The van der Waals surface area contributed by atoms with Gasteiger partial charge in [0, 0.05) is 13.5 Å². The molecule has 2 unspecified atom stereocenters. The van der Waals surface area contributed by atoms with Gasteiger partial charge in [-0.15, -0.1) is 0 Å². The van der Waals surface area contributed by atoms with Crippen LogP contribution in [0.25, 0.3) is 0 Å². The lowest BCUT2D eigenvalue weighted by Crippen LogP contribution is -2.35. The van der Waals surface area contributed by atoms with E-state index >= 15 is 0 Å². The second-order valence-corrected chi connectivity index (χ2v) is 4.01. The van der Waals surface area contributed by atoms with Gasteiger partial charge in [-0.2, -0.15) is 4.98 Å². The van der Waals surface area contributed by atoms with E-state index in [-0.39, 0.29) is 18.6 Å². The molecule has 2 atom stereocenters. The van der Waals surface area contributed by atoms with Crippen LogP contribution in [-0.4, -0.2) is 34.8 Å². The van der Waals surface area contributed by atoms with Gasteiger partial charge in [0.25, 0.3) is 0 Å². The van der Waals surface area contributed by atoms with Crippen LogP contribution in [0.3, 0.4) is 0 Å². The number of nitrogens with two attached hydrogens (primary N) is 1. The number of hydrogen-bond donors (Lipinski definition) is 2. The molecule has 7 heteroatoms. The molecule has 0 bridgehead atoms. The van der Waals surface area contributed by atoms with E-state index in [1.54, 1.807) is 6.92 Å². The molecule has 3 N–H and O–H groups in total. The smallest absolute Gasteiger partial charge is 0.249 e. The first kappa shape index (κ1) is 12.0. The zero-order valence-corrected chi connectivity index (χ0v) is 9.68. The first-order chi connectivity index (χ1) is 8.19. The predicted octanol–water partition coefficient (Wildman–Crippen LogP) is -0.499. The maximum absolute atomic E-state index is 11.7. The number of nitrogens with zero attached hydrogens (tertiary/aromatic N) is 2. The summed E-state index contributed by atoms with van der Waals surface area (Å²) in [5.41, 5.74) is 5.47. The Kier molecular flexibility index (Phi) is 3.70. The number of ether oxygens (including phenoxy) is 1. The molecule has 94 valence electrons. The number of rotatable bonds is 4. The maximum atomic E-state index is 11.7. The van der Waals surface area contributed by atoms with E-state index in [4.69, 9.17) is 15.0 Å². The lowest BCUT2D eigenvalue weighted by atomic mass is 10.2. The molecule has 0 aromatic carbocycles. The van der Waals surface area contributed by atoms with Crippen molar-refractivity contribution >= 4 is 5.91 Å². The lowest BCUT2D eigenvalue weighted by molar-refractivity contribution is -0.132. The third-order valence-corrected chi connectivity index (χ3v) is 2.65. The van der Waals surface area contributed by atoms with Gasteiger partial charge in [0.2, 0.25) is 11.8 Å². The fourth-order valence-corrected chi connectivity index (χ4v) is 1.77. The van der Waals surface area contributed by atoms with Gasteiger partial charge in [-0.05, 0) is 12.8 Å². The van der Waals surface area contributed by atoms with E-state index in [1.807, 2.05) is 0 Å². The van der Waals surface area contributed by atoms with Gasteiger partial charge < -0.3 is 20.3 Å². The minimum atomic E-state index is -0.406. The number of carbonyl (C=O) groups is 1. The minimum Gasteiger partial charge on any atom is -0.364 e. The summed E-state index contributed by atoms with van der Waals surface area (Å²) < 4.78 is 10.3. The first-order valence-corrected chi connectivity index (χ1v) is 5.61. The van der Waals surface area contributed by atoms with Crippen LogP contribution < -0.4 is 11.1 Å². The van der Waals surface area contributed by atoms with Gasteiger partial charge in [0.15, 0.2) is 5.82 Å². The normalized spacial score (nSPS) is 23.9. The Hall–Kier alpha value is -1.47. The van der Waals surface area contributed by atoms with E-state index in [0.29, 0.717) is 24.7 Å². The summed E-state index contributed by atoms with van der Waals surface area (Å²) in [5.74, 6) is 0.794. The molecule has 1 amide bonds. The van der Waals surface area contributed by atoms with Crippen molar-refractivity contribution < 1.29 is 14.1 Å². The number of hydrogen-bond acceptors (Lipinski definition) is 6. The fourth-order valence-electron chi connectivity index (χ4n) is 1.77. The van der Waals surface area contributed by atoms with E-state index in [0.717, 1.165) is 6.42 Å². The Morgan fingerprint density at radius 3 is 3.00 bits per heavy atom. The molecule has 1 aliphatic heterocycles. The van der Waals surface area contributed by atoms with Crippen molar-refractivity contribution in [3.63, 3.8) is 0 Å². The maximum Gasteiger partial charge on any atom is 0.249 e. The summed E-state index contributed by atoms with van der Waals surface area (Å²) in [5, 5.41) is 6.39. The Labute approximate surface area is 98.7 Å². The molecule has 2 heterocycles. The summed E-state index contributed by atoms with van der Waals surface area (Å²) in [6, 6.07) is 0. The number of carbonyl (C=O) groups excluding carboxylic acids is 1. The molecule has 0 saturated carbocycles. The molecule has 0 radical (unpaired) electrons. The zero-order valence-electron chi connectivity index (χ0n) is 9.68. The van der Waals surface area contributed by atoms with Crippen molar-refractivity contribution in [2.45, 2.75) is 38.5 Å². The molecule has 2 rings (SSSR count). The van der Waals surface area contributed by atoms with Gasteiger partial charge in [0.05, 0.1) is 12.6 Å². The zero-order chi connectivity index (χ0) is 12.3. The molecule has 7 nitrogen and oxygen atoms in total. The highest BCUT2D eigenvalue weighted by molar-refractivity contribution is 5.80. The van der Waals surface area contributed by atoms with E-state index in [1.165, 1.54) is 0 Å². The Morgan fingerprint density at radius 2 is 2.41 bits per heavy atom. The topological polar surface area (TPSA) is 103 Å². The van der Waals surface area contributed by atoms with Crippen LogP contribution in [0.5, 0.6) is 0 Å². The number of aromatic nitrogens is 2. The van der Waals surface area contributed by atoms with Crippen molar-refractivity contribution in [3.05, 3.63) is 11.7 Å². The largest absolute Gasteiger partial charge is 0.364 e. The average Bonchev–Trinajstić information content (AvgIpc) is 2.94. The second-order valence-electron chi connectivity index (χ2n) is 4.01. The molecule has 1 saturated heterocycles. The Morgan fingerprint density at radius 1 is 1.59 bits per heavy atom. The Bertz CT molecular complexity index is 393. The molecule has 0 spiro atoms. The number of amides is 1. The predicted molar refractivity (Wildman–Crippen MR) is 57.8 cm³/mol. The summed E-state index contributed by atoms with van der Waals surface area (Å²) in [7, 11) is 0. The first-order valence-electron chi connectivity index (χ1n) is 5.61. The lowest BCUT2D eigenvalue weighted by Gasteiger charge is -2.11. The van der Waals surface area contributed by atoms with Crippen molar-refractivity contribution in [1.82, 2.24) is 15.5 Å². The van der Waals surface area contributed by atoms with Gasteiger partial charge in [-0.25, -0.2) is 0 Å². The molecule has 0 aliphatic carbocycles. The van der Waals surface area contributed by atoms with Crippen molar-refractivity contribution in [2.24, 2.45) is 5.73 Å². The molecule has 1 aromatic rings. The summed E-state index contributed by atoms with van der Waals surface area (Å²) in [6.45, 7) is 2.40. The van der Waals surface area contributed by atoms with Crippen molar-refractivity contribution in [2.75, 3.05) is 6.54 Å². The van der Waals surface area contributed by atoms with Crippen LogP contribution in [0, 0.1) is 6.92 Å². The highest BCUT2D eigenvalue weighted by Crippen LogP contribution is 2.18. The third-order valence-electron chi connectivity index (χ3n) is 2.65. The van der Waals surface area contributed by atoms with Gasteiger partial charge in [-0.1, -0.05) is 5.16 Å². The number of aryl methyl sites for hydroxylation is 1. The van der Waals surface area contributed by atoms with Crippen LogP contribution in [0.4, 0.5) is 0 Å². The van der Waals surface area contributed by atoms with Crippen molar-refractivity contribution in [3.8, 4) is 0 Å². The van der Waals surface area contributed by atoms with E-state index in [9.17, 15) is 4.79 Å². The van der Waals surface area contributed by atoms with Crippen LogP contribution in [0.1, 0.15) is 24.6 Å². The molecule has 17 heavy (non-hydrogen) atoms. The van der Waals surface area contributed by atoms with Crippen LogP contribution in [0.15, 0.2) is 4.52 Å². The standard InChI is InChI=1S/C10H16N4O3/c1-6-13-9(14-17-6)5-12-10(15)8-3-2-7(4-11)16-8/h7-8H,2-5,11H2,1H3,(H,12,15). The molecular formula is C10H16N4O3. The van der Waals surface area contributed by atoms with E-state index in [2.05, 4.69) is 15.5 Å². The minimum absolute atomic E-state index is 0.00169. The van der Waals surface area contributed by atoms with Crippen LogP contribution in [-0.2, 0) is 16.1 Å². The summed E-state index contributed by atoms with van der Waals surface area (Å²) >= 11 is 0. The highest BCUT2D eigenvalue weighted by Gasteiger charge is 2.29. The Balaban J connectivity index is 1.78. The monoisotopic (exact) mass is 240 g/mol. The van der Waals surface area contributed by atoms with Crippen LogP contribution in [0.2, 0.25) is 0 Å². The molecule has 1 fully saturated rings. The third kappa shape index (κ3) is 3.01. The van der Waals surface area contributed by atoms with Gasteiger partial charge >= 0.3 is 0 Å². The molecular weight excluding hydrogens is 224 g/mol. The average molecular weight is 240 g/mol. The van der Waals surface area contributed by atoms with Crippen molar-refractivity contribution in [1.29, 1.82) is 0 Å². The SMILES string of the molecule is Cc1nc(CNC(=O)C2CCC(CN)O2)no1. The number of nitrogens with one attached hydrogen (secondary N) is 1. The van der Waals surface area contributed by atoms with E-state index < -0.39 is 6.10 Å². The summed E-state index contributed by atoms with van der Waals surface area (Å²) in [4.78, 5) is 15.7. The van der Waals surface area contributed by atoms with Crippen LogP contribution >= 0.6 is 0 Å².